The lowest BCUT2D eigenvalue weighted by molar-refractivity contribution is -0.137. The van der Waals surface area contributed by atoms with Crippen LogP contribution in [0.25, 0.3) is 0 Å². The van der Waals surface area contributed by atoms with Crippen molar-refractivity contribution in [3.05, 3.63) is 42.0 Å². The van der Waals surface area contributed by atoms with E-state index in [0.29, 0.717) is 0 Å². The number of terminal acetylenes is 1. The molecule has 0 aromatic heterocycles. The van der Waals surface area contributed by atoms with Crippen LogP contribution in [0.2, 0.25) is 0 Å². The monoisotopic (exact) mass is 293 g/mol. The van der Waals surface area contributed by atoms with Crippen molar-refractivity contribution in [3.8, 4) is 12.3 Å². The number of carboxylic acid groups (broad SMARTS) is 1. The topological polar surface area (TPSA) is 74.7 Å². The van der Waals surface area contributed by atoms with Gasteiger partial charge in [0.2, 0.25) is 10.0 Å². The van der Waals surface area contributed by atoms with Crippen LogP contribution in [0.3, 0.4) is 0 Å². The molecule has 0 heterocycles. The van der Waals surface area contributed by atoms with Crippen molar-refractivity contribution in [3.63, 3.8) is 0 Å². The molecule has 5 nitrogen and oxygen atoms in total. The van der Waals surface area contributed by atoms with Crippen LogP contribution in [0.4, 0.5) is 0 Å². The zero-order valence-corrected chi connectivity index (χ0v) is 11.8. The van der Waals surface area contributed by atoms with Crippen molar-refractivity contribution < 1.29 is 18.3 Å². The molecule has 0 unspecified atom stereocenters. The highest BCUT2D eigenvalue weighted by Crippen LogP contribution is 2.16. The van der Waals surface area contributed by atoms with Crippen LogP contribution in [0.1, 0.15) is 5.56 Å². The fourth-order valence-electron chi connectivity index (χ4n) is 1.50. The number of hydrogen-bond acceptors (Lipinski definition) is 3. The van der Waals surface area contributed by atoms with Crippen LogP contribution in [-0.4, -0.2) is 36.9 Å². The van der Waals surface area contributed by atoms with Gasteiger partial charge in [0.15, 0.2) is 0 Å². The molecule has 1 N–H and O–H groups in total. The predicted molar refractivity (Wildman–Crippen MR) is 75.5 cm³/mol. The largest absolute Gasteiger partial charge is 0.480 e. The molecule has 106 valence electrons. The van der Waals surface area contributed by atoms with Gasteiger partial charge in [0.05, 0.1) is 4.90 Å². The van der Waals surface area contributed by atoms with Gasteiger partial charge in [-0.1, -0.05) is 29.7 Å². The molecule has 0 saturated carbocycles. The molecule has 0 atom stereocenters. The van der Waals surface area contributed by atoms with E-state index < -0.39 is 22.5 Å². The number of sulfonamides is 1. The Morgan fingerprint density at radius 2 is 2.00 bits per heavy atom. The maximum absolute atomic E-state index is 12.4. The van der Waals surface area contributed by atoms with Crippen LogP contribution in [0, 0.1) is 19.3 Å². The third kappa shape index (κ3) is 4.23. The quantitative estimate of drug-likeness (QED) is 0.801. The zero-order valence-electron chi connectivity index (χ0n) is 11.0. The number of carbonyl (C=O) groups is 1. The van der Waals surface area contributed by atoms with Gasteiger partial charge in [-0.15, -0.1) is 6.42 Å². The summed E-state index contributed by atoms with van der Waals surface area (Å²) < 4.78 is 25.6. The second kappa shape index (κ2) is 6.89. The van der Waals surface area contributed by atoms with Gasteiger partial charge in [0, 0.05) is 6.54 Å². The van der Waals surface area contributed by atoms with Gasteiger partial charge in [0.1, 0.15) is 6.54 Å². The van der Waals surface area contributed by atoms with Crippen LogP contribution >= 0.6 is 0 Å². The van der Waals surface area contributed by atoms with Gasteiger partial charge in [-0.25, -0.2) is 8.42 Å². The second-order valence-corrected chi connectivity index (χ2v) is 6.01. The number of carboxylic acids is 1. The number of nitrogens with zero attached hydrogens (tertiary/aromatic N) is 1. The fraction of sp³-hybridized carbons (Fsp3) is 0.214. The van der Waals surface area contributed by atoms with E-state index in [9.17, 15) is 13.2 Å². The Morgan fingerprint density at radius 3 is 2.50 bits per heavy atom. The molecule has 1 aromatic rings. The average Bonchev–Trinajstić information content (AvgIpc) is 2.38. The lowest BCUT2D eigenvalue weighted by Gasteiger charge is -2.18. The van der Waals surface area contributed by atoms with Crippen molar-refractivity contribution in [1.82, 2.24) is 4.31 Å². The fourth-order valence-corrected chi connectivity index (χ4v) is 2.84. The van der Waals surface area contributed by atoms with E-state index >= 15 is 0 Å². The van der Waals surface area contributed by atoms with Crippen molar-refractivity contribution in [2.75, 3.05) is 13.1 Å². The number of aryl methyl sites for hydroxylation is 1. The summed E-state index contributed by atoms with van der Waals surface area (Å²) in [5, 5.41) is 8.82. The van der Waals surface area contributed by atoms with E-state index in [2.05, 4.69) is 5.92 Å². The Morgan fingerprint density at radius 1 is 1.40 bits per heavy atom. The van der Waals surface area contributed by atoms with E-state index in [4.69, 9.17) is 11.5 Å². The van der Waals surface area contributed by atoms with Crippen molar-refractivity contribution in [1.29, 1.82) is 0 Å². The summed E-state index contributed by atoms with van der Waals surface area (Å²) in [5.41, 5.74) is 0.918. The Labute approximate surface area is 118 Å². The number of aliphatic carboxylic acids is 1. The molecule has 1 rings (SSSR count). The second-order valence-electron chi connectivity index (χ2n) is 4.07. The Bertz CT molecular complexity index is 639. The number of hydrogen-bond donors (Lipinski definition) is 1. The van der Waals surface area contributed by atoms with Gasteiger partial charge in [-0.3, -0.25) is 4.79 Å². The molecule has 20 heavy (non-hydrogen) atoms. The summed E-state index contributed by atoms with van der Waals surface area (Å²) in [4.78, 5) is 10.9. The minimum Gasteiger partial charge on any atom is -0.480 e. The molecule has 1 aromatic carbocycles. The molecule has 0 aliphatic heterocycles. The first-order valence-electron chi connectivity index (χ1n) is 5.77. The van der Waals surface area contributed by atoms with Crippen molar-refractivity contribution in [2.24, 2.45) is 0 Å². The lowest BCUT2D eigenvalue weighted by atomic mass is 10.2. The molecule has 0 aliphatic carbocycles. The average molecular weight is 293 g/mol. The smallest absolute Gasteiger partial charge is 0.318 e. The van der Waals surface area contributed by atoms with E-state index in [-0.39, 0.29) is 11.4 Å². The summed E-state index contributed by atoms with van der Waals surface area (Å²) >= 11 is 0. The lowest BCUT2D eigenvalue weighted by Crippen LogP contribution is -2.35. The van der Waals surface area contributed by atoms with Gasteiger partial charge >= 0.3 is 5.97 Å². The molecule has 6 heteroatoms. The Balaban J connectivity index is 3.10. The highest BCUT2D eigenvalue weighted by molar-refractivity contribution is 7.89. The molecular formula is C14H15NO4S. The third-order valence-corrected chi connectivity index (χ3v) is 4.32. The Hall–Kier alpha value is -2.10. The predicted octanol–water partition coefficient (Wildman–Crippen LogP) is 1.26. The molecule has 0 fully saturated rings. The van der Waals surface area contributed by atoms with Crippen LogP contribution < -0.4 is 0 Å². The Kier molecular flexibility index (Phi) is 5.50. The van der Waals surface area contributed by atoms with Crippen LogP contribution in [0.5, 0.6) is 0 Å². The normalized spacial score (nSPS) is 11.7. The summed E-state index contributed by atoms with van der Waals surface area (Å²) in [7, 11) is -3.86. The number of allylic oxidation sites excluding steroid dienone is 1. The number of benzene rings is 1. The zero-order chi connectivity index (χ0) is 15.2. The minimum absolute atomic E-state index is 0.0541. The maximum Gasteiger partial charge on any atom is 0.318 e. The van der Waals surface area contributed by atoms with Crippen LogP contribution in [-0.2, 0) is 14.8 Å². The van der Waals surface area contributed by atoms with E-state index in [1.54, 1.807) is 12.1 Å². The number of rotatable bonds is 6. The van der Waals surface area contributed by atoms with E-state index in [0.717, 1.165) is 9.87 Å². The van der Waals surface area contributed by atoms with Crippen molar-refractivity contribution >= 4 is 16.0 Å². The SMILES string of the molecule is C#C/C=C/CN(CC(=O)O)S(=O)(=O)c1ccc(C)cc1. The van der Waals surface area contributed by atoms with Gasteiger partial charge in [-0.2, -0.15) is 4.31 Å². The summed E-state index contributed by atoms with van der Waals surface area (Å²) in [6.07, 6.45) is 7.79. The molecule has 0 aliphatic rings. The maximum atomic E-state index is 12.4. The molecule has 0 radical (unpaired) electrons. The first-order chi connectivity index (χ1) is 9.37. The first kappa shape index (κ1) is 16.0. The molecule has 0 amide bonds. The standard InChI is InChI=1S/C14H15NO4S/c1-3-4-5-10-15(11-14(16)17)20(18,19)13-8-6-12(2)7-9-13/h1,4-9H,10-11H2,2H3,(H,16,17)/b5-4+. The van der Waals surface area contributed by atoms with Gasteiger partial charge in [-0.05, 0) is 25.1 Å². The molecule has 0 saturated heterocycles. The summed E-state index contributed by atoms with van der Waals surface area (Å²) in [6, 6.07) is 6.21. The minimum atomic E-state index is -3.86. The van der Waals surface area contributed by atoms with Crippen molar-refractivity contribution in [2.45, 2.75) is 11.8 Å². The highest BCUT2D eigenvalue weighted by Gasteiger charge is 2.25. The molecular weight excluding hydrogens is 278 g/mol. The van der Waals surface area contributed by atoms with E-state index in [1.165, 1.54) is 24.3 Å². The molecule has 0 bridgehead atoms. The van der Waals surface area contributed by atoms with E-state index in [1.807, 2.05) is 6.92 Å². The van der Waals surface area contributed by atoms with Crippen LogP contribution in [0.15, 0.2) is 41.3 Å². The highest BCUT2D eigenvalue weighted by atomic mass is 32.2. The molecule has 0 spiro atoms. The summed E-state index contributed by atoms with van der Waals surface area (Å²) in [6.45, 7) is 1.12. The van der Waals surface area contributed by atoms with Gasteiger partial charge < -0.3 is 5.11 Å². The third-order valence-electron chi connectivity index (χ3n) is 2.49. The summed E-state index contributed by atoms with van der Waals surface area (Å²) in [5.74, 6) is 0.999. The first-order valence-corrected chi connectivity index (χ1v) is 7.21. The van der Waals surface area contributed by atoms with Gasteiger partial charge in [0.25, 0.3) is 0 Å².